The molecule has 1 aliphatic heterocycles. The molecule has 1 aliphatic rings. The van der Waals surface area contributed by atoms with Crippen LogP contribution in [-0.2, 0) is 6.54 Å². The van der Waals surface area contributed by atoms with Crippen molar-refractivity contribution in [3.63, 3.8) is 0 Å². The molecule has 0 spiro atoms. The lowest BCUT2D eigenvalue weighted by molar-refractivity contribution is 0.0595. The summed E-state index contributed by atoms with van der Waals surface area (Å²) in [5.41, 5.74) is 6.90. The van der Waals surface area contributed by atoms with E-state index in [2.05, 4.69) is 14.9 Å². The smallest absolute Gasteiger partial charge is 0.289 e. The number of aromatic nitrogens is 2. The molecule has 0 aliphatic carbocycles. The number of nitrogen functional groups attached to an aromatic ring is 1. The molecular formula is C18H19N5O2. The Balaban J connectivity index is 1.41. The van der Waals surface area contributed by atoms with Crippen LogP contribution in [0.15, 0.2) is 47.1 Å². The van der Waals surface area contributed by atoms with Crippen molar-refractivity contribution in [1.82, 2.24) is 19.8 Å². The number of piperazine rings is 1. The Kier molecular flexibility index (Phi) is 4.07. The van der Waals surface area contributed by atoms with E-state index in [1.165, 1.54) is 6.26 Å². The van der Waals surface area contributed by atoms with Crippen LogP contribution in [0.5, 0.6) is 0 Å². The minimum Gasteiger partial charge on any atom is -0.459 e. The summed E-state index contributed by atoms with van der Waals surface area (Å²) in [5, 5.41) is 0.875. The van der Waals surface area contributed by atoms with Gasteiger partial charge < -0.3 is 15.1 Å². The number of carbonyl (C=O) groups excluding carboxylic acids is 1. The second-order valence-corrected chi connectivity index (χ2v) is 6.09. The van der Waals surface area contributed by atoms with Gasteiger partial charge >= 0.3 is 0 Å². The number of fused-ring (bicyclic) bond motifs is 1. The van der Waals surface area contributed by atoms with E-state index in [4.69, 9.17) is 10.2 Å². The maximum absolute atomic E-state index is 12.3. The number of hydrogen-bond acceptors (Lipinski definition) is 6. The summed E-state index contributed by atoms with van der Waals surface area (Å²) < 4.78 is 5.19. The van der Waals surface area contributed by atoms with Crippen LogP contribution < -0.4 is 5.73 Å². The summed E-state index contributed by atoms with van der Waals surface area (Å²) in [4.78, 5) is 25.3. The fraction of sp³-hybridized carbons (Fsp3) is 0.278. The third-order valence-electron chi connectivity index (χ3n) is 4.44. The number of nitrogens with zero attached hydrogens (tertiary/aromatic N) is 4. The topological polar surface area (TPSA) is 88.5 Å². The molecule has 1 amide bonds. The molecule has 1 saturated heterocycles. The van der Waals surface area contributed by atoms with Crippen LogP contribution in [0.2, 0.25) is 0 Å². The highest BCUT2D eigenvalue weighted by molar-refractivity contribution is 5.91. The lowest BCUT2D eigenvalue weighted by atomic mass is 10.2. The highest BCUT2D eigenvalue weighted by atomic mass is 16.3. The number of amides is 1. The van der Waals surface area contributed by atoms with Gasteiger partial charge in [-0.25, -0.2) is 9.97 Å². The molecule has 0 bridgehead atoms. The van der Waals surface area contributed by atoms with Gasteiger partial charge in [0.05, 0.1) is 18.3 Å². The van der Waals surface area contributed by atoms with E-state index in [9.17, 15) is 4.79 Å². The molecule has 1 aromatic carbocycles. The Labute approximate surface area is 145 Å². The molecule has 0 unspecified atom stereocenters. The first-order valence-corrected chi connectivity index (χ1v) is 8.27. The van der Waals surface area contributed by atoms with Gasteiger partial charge in [-0.1, -0.05) is 12.1 Å². The Morgan fingerprint density at radius 2 is 1.88 bits per heavy atom. The van der Waals surface area contributed by atoms with Gasteiger partial charge in [0, 0.05) is 31.6 Å². The molecule has 0 saturated carbocycles. The molecule has 0 radical (unpaired) electrons. The van der Waals surface area contributed by atoms with Gasteiger partial charge in [0.25, 0.3) is 5.91 Å². The Morgan fingerprint density at radius 3 is 2.64 bits per heavy atom. The number of anilines is 1. The van der Waals surface area contributed by atoms with Gasteiger partial charge in [0.2, 0.25) is 0 Å². The average Bonchev–Trinajstić information content (AvgIpc) is 3.16. The van der Waals surface area contributed by atoms with E-state index >= 15 is 0 Å². The second-order valence-electron chi connectivity index (χ2n) is 6.09. The van der Waals surface area contributed by atoms with E-state index in [1.807, 2.05) is 29.2 Å². The van der Waals surface area contributed by atoms with Crippen molar-refractivity contribution in [2.75, 3.05) is 31.9 Å². The first-order valence-electron chi connectivity index (χ1n) is 8.27. The number of hydrogen-bond donors (Lipinski definition) is 1. The van der Waals surface area contributed by atoms with Gasteiger partial charge in [-0.3, -0.25) is 9.69 Å². The van der Waals surface area contributed by atoms with Crippen molar-refractivity contribution in [2.24, 2.45) is 0 Å². The first kappa shape index (κ1) is 15.6. The quantitative estimate of drug-likeness (QED) is 0.783. The highest BCUT2D eigenvalue weighted by Gasteiger charge is 2.24. The fourth-order valence-electron chi connectivity index (χ4n) is 3.09. The maximum atomic E-state index is 12.3. The minimum atomic E-state index is -0.0594. The average molecular weight is 337 g/mol. The molecule has 7 nitrogen and oxygen atoms in total. The summed E-state index contributed by atoms with van der Waals surface area (Å²) in [6, 6.07) is 11.2. The van der Waals surface area contributed by atoms with E-state index < -0.39 is 0 Å². The van der Waals surface area contributed by atoms with Gasteiger partial charge in [0.15, 0.2) is 5.76 Å². The van der Waals surface area contributed by atoms with Gasteiger partial charge in [-0.2, -0.15) is 0 Å². The van der Waals surface area contributed by atoms with Crippen molar-refractivity contribution in [3.05, 3.63) is 54.2 Å². The molecule has 3 aromatic rings. The zero-order valence-corrected chi connectivity index (χ0v) is 13.8. The van der Waals surface area contributed by atoms with Crippen LogP contribution in [-0.4, -0.2) is 51.9 Å². The summed E-state index contributed by atoms with van der Waals surface area (Å²) in [7, 11) is 0. The van der Waals surface area contributed by atoms with E-state index in [1.54, 1.807) is 12.1 Å². The minimum absolute atomic E-state index is 0.0594. The molecule has 128 valence electrons. The Bertz CT molecular complexity index is 886. The summed E-state index contributed by atoms with van der Waals surface area (Å²) in [6.45, 7) is 3.47. The number of benzene rings is 1. The van der Waals surface area contributed by atoms with Crippen molar-refractivity contribution >= 4 is 22.6 Å². The molecule has 2 N–H and O–H groups in total. The zero-order chi connectivity index (χ0) is 17.2. The van der Waals surface area contributed by atoms with Crippen molar-refractivity contribution < 1.29 is 9.21 Å². The summed E-state index contributed by atoms with van der Waals surface area (Å²) >= 11 is 0. The standard InChI is InChI=1S/C18H19N5O2/c19-17-13-4-1-2-5-14(13)20-16(21-17)12-22-7-9-23(10-8-22)18(24)15-6-3-11-25-15/h1-6,11H,7-10,12H2,(H2,19,20,21). The van der Waals surface area contributed by atoms with E-state index in [0.29, 0.717) is 37.0 Å². The Morgan fingerprint density at radius 1 is 1.08 bits per heavy atom. The highest BCUT2D eigenvalue weighted by Crippen LogP contribution is 2.18. The molecule has 4 rings (SSSR count). The SMILES string of the molecule is Nc1nc(CN2CCN(C(=O)c3ccco3)CC2)nc2ccccc12. The molecule has 7 heteroatoms. The van der Waals surface area contributed by atoms with Crippen molar-refractivity contribution in [2.45, 2.75) is 6.54 Å². The second kappa shape index (κ2) is 6.52. The number of rotatable bonds is 3. The van der Waals surface area contributed by atoms with E-state index in [0.717, 1.165) is 24.0 Å². The van der Waals surface area contributed by atoms with Gasteiger partial charge in [-0.15, -0.1) is 0 Å². The predicted molar refractivity (Wildman–Crippen MR) is 93.8 cm³/mol. The van der Waals surface area contributed by atoms with Gasteiger partial charge in [-0.05, 0) is 24.3 Å². The first-order chi connectivity index (χ1) is 12.2. The lowest BCUT2D eigenvalue weighted by Crippen LogP contribution is -2.48. The van der Waals surface area contributed by atoms with Crippen LogP contribution in [0, 0.1) is 0 Å². The maximum Gasteiger partial charge on any atom is 0.289 e. The molecule has 1 fully saturated rings. The molecule has 3 heterocycles. The number of nitrogens with two attached hydrogens (primary N) is 1. The third-order valence-corrected chi connectivity index (χ3v) is 4.44. The monoisotopic (exact) mass is 337 g/mol. The van der Waals surface area contributed by atoms with E-state index in [-0.39, 0.29) is 5.91 Å². The predicted octanol–water partition coefficient (Wildman–Crippen LogP) is 1.76. The normalized spacial score (nSPS) is 15.6. The van der Waals surface area contributed by atoms with Crippen LogP contribution in [0.3, 0.4) is 0 Å². The Hall–Kier alpha value is -2.93. The van der Waals surface area contributed by atoms with Crippen LogP contribution in [0.1, 0.15) is 16.4 Å². The summed E-state index contributed by atoms with van der Waals surface area (Å²) in [6.07, 6.45) is 1.52. The molecule has 2 aromatic heterocycles. The van der Waals surface area contributed by atoms with Crippen LogP contribution >= 0.6 is 0 Å². The number of furan rings is 1. The van der Waals surface area contributed by atoms with Crippen molar-refractivity contribution in [3.8, 4) is 0 Å². The largest absolute Gasteiger partial charge is 0.459 e. The third kappa shape index (κ3) is 3.18. The summed E-state index contributed by atoms with van der Waals surface area (Å²) in [5.74, 6) is 1.55. The lowest BCUT2D eigenvalue weighted by Gasteiger charge is -2.33. The fourth-order valence-corrected chi connectivity index (χ4v) is 3.09. The van der Waals surface area contributed by atoms with Crippen LogP contribution in [0.25, 0.3) is 10.9 Å². The van der Waals surface area contributed by atoms with Crippen molar-refractivity contribution in [1.29, 1.82) is 0 Å². The number of para-hydroxylation sites is 1. The number of carbonyl (C=O) groups is 1. The molecule has 25 heavy (non-hydrogen) atoms. The molecule has 0 atom stereocenters. The zero-order valence-electron chi connectivity index (χ0n) is 13.8. The molecular weight excluding hydrogens is 318 g/mol. The van der Waals surface area contributed by atoms with Crippen LogP contribution in [0.4, 0.5) is 5.82 Å². The van der Waals surface area contributed by atoms with Gasteiger partial charge in [0.1, 0.15) is 11.6 Å².